The Morgan fingerprint density at radius 2 is 1.41 bits per heavy atom. The van der Waals surface area contributed by atoms with E-state index in [4.69, 9.17) is 14.2 Å². The molecule has 0 saturated carbocycles. The van der Waals surface area contributed by atoms with E-state index >= 15 is 0 Å². The van der Waals surface area contributed by atoms with Crippen LogP contribution in [0.1, 0.15) is 47.5 Å². The van der Waals surface area contributed by atoms with Crippen molar-refractivity contribution in [2.45, 2.75) is 47.5 Å². The highest BCUT2D eigenvalue weighted by Gasteiger charge is 2.08. The van der Waals surface area contributed by atoms with Crippen LogP contribution in [0.5, 0.6) is 0 Å². The van der Waals surface area contributed by atoms with Crippen molar-refractivity contribution < 1.29 is 19.0 Å². The molecule has 0 aromatic rings. The van der Waals surface area contributed by atoms with Crippen molar-refractivity contribution in [3.8, 4) is 0 Å². The Labute approximate surface area is 136 Å². The molecule has 1 N–H and O–H groups in total. The predicted molar refractivity (Wildman–Crippen MR) is 89.0 cm³/mol. The lowest BCUT2D eigenvalue weighted by molar-refractivity contribution is -0.124. The molecule has 0 fully saturated rings. The maximum Gasteiger partial charge on any atom is 0.222 e. The summed E-state index contributed by atoms with van der Waals surface area (Å²) >= 11 is 0. The van der Waals surface area contributed by atoms with Crippen LogP contribution in [0, 0.1) is 11.3 Å². The second kappa shape index (κ2) is 12.9. The highest BCUT2D eigenvalue weighted by Crippen LogP contribution is 2.20. The van der Waals surface area contributed by atoms with E-state index in [1.54, 1.807) is 0 Å². The lowest BCUT2D eigenvalue weighted by Crippen LogP contribution is -2.31. The van der Waals surface area contributed by atoms with Gasteiger partial charge in [0.05, 0.1) is 33.0 Å². The first-order valence-electron chi connectivity index (χ1n) is 8.34. The van der Waals surface area contributed by atoms with Crippen LogP contribution in [-0.4, -0.2) is 52.1 Å². The van der Waals surface area contributed by atoms with Crippen LogP contribution in [0.2, 0.25) is 0 Å². The van der Waals surface area contributed by atoms with E-state index in [-0.39, 0.29) is 11.8 Å². The number of carbonyl (C=O) groups is 1. The minimum absolute atomic E-state index is 0.0201. The topological polar surface area (TPSA) is 56.8 Å². The number of hydrogen-bond acceptors (Lipinski definition) is 4. The molecule has 22 heavy (non-hydrogen) atoms. The number of ether oxygens (including phenoxy) is 3. The second-order valence-electron chi connectivity index (χ2n) is 6.95. The molecule has 0 atom stereocenters. The van der Waals surface area contributed by atoms with Gasteiger partial charge >= 0.3 is 0 Å². The largest absolute Gasteiger partial charge is 0.379 e. The molecule has 0 rings (SSSR count). The fourth-order valence-electron chi connectivity index (χ4n) is 1.70. The highest BCUT2D eigenvalue weighted by molar-refractivity contribution is 5.77. The molecule has 0 aliphatic carbocycles. The quantitative estimate of drug-likeness (QED) is 0.531. The number of nitrogens with one attached hydrogen (secondary N) is 1. The van der Waals surface area contributed by atoms with E-state index in [0.717, 1.165) is 13.0 Å². The molecule has 1 amide bonds. The van der Waals surface area contributed by atoms with E-state index in [9.17, 15) is 4.79 Å². The Bertz CT molecular complexity index is 274. The molecular formula is C17H35NO4. The van der Waals surface area contributed by atoms with Crippen molar-refractivity contribution in [2.75, 3.05) is 46.2 Å². The van der Waals surface area contributed by atoms with E-state index in [0.29, 0.717) is 45.0 Å². The second-order valence-corrected chi connectivity index (χ2v) is 6.95. The van der Waals surface area contributed by atoms with E-state index in [2.05, 4.69) is 26.1 Å². The monoisotopic (exact) mass is 317 g/mol. The number of hydrogen-bond donors (Lipinski definition) is 1. The smallest absolute Gasteiger partial charge is 0.222 e. The predicted octanol–water partition coefficient (Wildman–Crippen LogP) is 2.63. The van der Waals surface area contributed by atoms with Crippen LogP contribution in [0.4, 0.5) is 0 Å². The molecule has 0 aliphatic heterocycles. The average molecular weight is 317 g/mol. The third-order valence-corrected chi connectivity index (χ3v) is 3.03. The molecule has 0 bridgehead atoms. The molecule has 0 unspecified atom stereocenters. The van der Waals surface area contributed by atoms with Gasteiger partial charge in [0, 0.05) is 19.1 Å². The first-order chi connectivity index (χ1) is 10.3. The van der Waals surface area contributed by atoms with Crippen molar-refractivity contribution >= 4 is 5.91 Å². The Morgan fingerprint density at radius 1 is 0.909 bits per heavy atom. The summed E-state index contributed by atoms with van der Waals surface area (Å²) in [6.07, 6.45) is 2.27. The van der Waals surface area contributed by atoms with Gasteiger partial charge < -0.3 is 19.5 Å². The average Bonchev–Trinajstić information content (AvgIpc) is 2.42. The minimum Gasteiger partial charge on any atom is -0.379 e. The van der Waals surface area contributed by atoms with Gasteiger partial charge in [0.1, 0.15) is 0 Å². The van der Waals surface area contributed by atoms with E-state index < -0.39 is 0 Å². The van der Waals surface area contributed by atoms with Gasteiger partial charge in [-0.1, -0.05) is 34.6 Å². The third-order valence-electron chi connectivity index (χ3n) is 3.03. The van der Waals surface area contributed by atoms with Gasteiger partial charge in [-0.2, -0.15) is 0 Å². The van der Waals surface area contributed by atoms with Crippen molar-refractivity contribution in [1.29, 1.82) is 0 Å². The molecule has 5 nitrogen and oxygen atoms in total. The first kappa shape index (κ1) is 21.4. The van der Waals surface area contributed by atoms with Gasteiger partial charge in [-0.15, -0.1) is 0 Å². The van der Waals surface area contributed by atoms with Crippen molar-refractivity contribution in [3.63, 3.8) is 0 Å². The molecule has 5 heteroatoms. The number of amides is 1. The molecule has 0 spiro atoms. The maximum absolute atomic E-state index is 11.3. The van der Waals surface area contributed by atoms with Crippen LogP contribution in [-0.2, 0) is 19.0 Å². The van der Waals surface area contributed by atoms with Crippen LogP contribution in [0.15, 0.2) is 0 Å². The highest BCUT2D eigenvalue weighted by atomic mass is 16.5. The summed E-state index contributed by atoms with van der Waals surface area (Å²) in [6.45, 7) is 14.7. The molecular weight excluding hydrogens is 282 g/mol. The van der Waals surface area contributed by atoms with Crippen molar-refractivity contribution in [1.82, 2.24) is 5.32 Å². The summed E-state index contributed by atoms with van der Waals surface area (Å²) < 4.78 is 16.3. The third kappa shape index (κ3) is 15.7. The van der Waals surface area contributed by atoms with Crippen molar-refractivity contribution in [3.05, 3.63) is 0 Å². The van der Waals surface area contributed by atoms with Gasteiger partial charge in [0.25, 0.3) is 0 Å². The minimum atomic E-state index is 0.0201. The Balaban J connectivity index is 3.13. The summed E-state index contributed by atoms with van der Waals surface area (Å²) in [6, 6.07) is 0. The lowest BCUT2D eigenvalue weighted by atomic mass is 9.91. The molecule has 132 valence electrons. The fourth-order valence-corrected chi connectivity index (χ4v) is 1.70. The Kier molecular flexibility index (Phi) is 12.5. The van der Waals surface area contributed by atoms with Crippen LogP contribution < -0.4 is 5.32 Å². The molecule has 0 radical (unpaired) electrons. The number of carbonyl (C=O) groups excluding carboxylic acids is 1. The van der Waals surface area contributed by atoms with Crippen LogP contribution in [0.25, 0.3) is 0 Å². The number of rotatable bonds is 13. The summed E-state index contributed by atoms with van der Waals surface area (Å²) in [4.78, 5) is 11.3. The molecule has 0 aliphatic rings. The summed E-state index contributed by atoms with van der Waals surface area (Å²) in [7, 11) is 0. The van der Waals surface area contributed by atoms with Gasteiger partial charge in [-0.3, -0.25) is 4.79 Å². The van der Waals surface area contributed by atoms with E-state index in [1.165, 1.54) is 6.42 Å². The summed E-state index contributed by atoms with van der Waals surface area (Å²) in [5.41, 5.74) is 0.381. The van der Waals surface area contributed by atoms with Crippen LogP contribution in [0.3, 0.4) is 0 Å². The Hall–Kier alpha value is -0.650. The Morgan fingerprint density at radius 3 is 1.91 bits per heavy atom. The van der Waals surface area contributed by atoms with Gasteiger partial charge in [-0.25, -0.2) is 0 Å². The summed E-state index contributed by atoms with van der Waals surface area (Å²) in [5, 5.41) is 2.80. The zero-order valence-electron chi connectivity index (χ0n) is 15.1. The van der Waals surface area contributed by atoms with Gasteiger partial charge in [0.2, 0.25) is 5.91 Å². The molecule has 0 saturated heterocycles. The zero-order chi connectivity index (χ0) is 16.8. The maximum atomic E-state index is 11.3. The standard InChI is InChI=1S/C17H35NO4/c1-15(2)16(19)18-8-10-21-12-14-22-13-11-20-9-6-7-17(3,4)5/h15H,6-14H2,1-5H3,(H,18,19). The van der Waals surface area contributed by atoms with E-state index in [1.807, 2.05) is 13.8 Å². The van der Waals surface area contributed by atoms with Crippen LogP contribution >= 0.6 is 0 Å². The SMILES string of the molecule is CC(C)C(=O)NCCOCCOCCOCCCC(C)(C)C. The molecule has 0 aromatic carbocycles. The zero-order valence-corrected chi connectivity index (χ0v) is 15.1. The normalized spacial score (nSPS) is 11.9. The fraction of sp³-hybridized carbons (Fsp3) is 0.941. The lowest BCUT2D eigenvalue weighted by Gasteiger charge is -2.17. The molecule has 0 aromatic heterocycles. The summed E-state index contributed by atoms with van der Waals surface area (Å²) in [5.74, 6) is 0.0789. The van der Waals surface area contributed by atoms with Crippen molar-refractivity contribution in [2.24, 2.45) is 11.3 Å². The van der Waals surface area contributed by atoms with Gasteiger partial charge in [-0.05, 0) is 18.3 Å². The first-order valence-corrected chi connectivity index (χ1v) is 8.34. The molecule has 0 heterocycles. The van der Waals surface area contributed by atoms with Gasteiger partial charge in [0.15, 0.2) is 0 Å².